The highest BCUT2D eigenvalue weighted by Gasteiger charge is 2.17. The summed E-state index contributed by atoms with van der Waals surface area (Å²) in [6.45, 7) is 2.13. The van der Waals surface area contributed by atoms with E-state index in [-0.39, 0.29) is 0 Å². The topological polar surface area (TPSA) is 62.5 Å². The van der Waals surface area contributed by atoms with E-state index in [2.05, 4.69) is 205 Å². The molecule has 3 aromatic heterocycles. The van der Waals surface area contributed by atoms with Gasteiger partial charge in [-0.25, -0.2) is 0 Å². The Bertz CT molecular complexity index is 3590. The molecule has 0 aliphatic carbocycles. The molecule has 11 rings (SSSR count). The maximum atomic E-state index is 9.45. The molecule has 0 fully saturated rings. The first kappa shape index (κ1) is 46.1. The number of hydrogen-bond donors (Lipinski definition) is 0. The zero-order chi connectivity index (χ0) is 49.3. The Morgan fingerprint density at radius 2 is 0.795 bits per heavy atom. The lowest BCUT2D eigenvalue weighted by Gasteiger charge is -2.18. The summed E-state index contributed by atoms with van der Waals surface area (Å²) in [6, 6.07) is 84.4. The Labute approximate surface area is 428 Å². The lowest BCUT2D eigenvalue weighted by Crippen LogP contribution is -1.98. The van der Waals surface area contributed by atoms with Gasteiger partial charge >= 0.3 is 0 Å². The average molecular weight is 937 g/mol. The first-order valence-corrected chi connectivity index (χ1v) is 25.0. The van der Waals surface area contributed by atoms with Crippen LogP contribution in [0.15, 0.2) is 249 Å². The van der Waals surface area contributed by atoms with Crippen molar-refractivity contribution in [1.82, 2.24) is 15.0 Å². The third kappa shape index (κ3) is 10.6. The van der Waals surface area contributed by atoms with E-state index >= 15 is 0 Å². The van der Waals surface area contributed by atoms with Crippen molar-refractivity contribution in [2.24, 2.45) is 0 Å². The second-order valence-electron chi connectivity index (χ2n) is 18.7. The van der Waals surface area contributed by atoms with E-state index in [1.807, 2.05) is 67.1 Å². The highest BCUT2D eigenvalue weighted by molar-refractivity contribution is 5.94. The van der Waals surface area contributed by atoms with Crippen LogP contribution < -0.4 is 0 Å². The van der Waals surface area contributed by atoms with E-state index in [0.29, 0.717) is 5.56 Å². The molecule has 0 bridgehead atoms. The Morgan fingerprint density at radius 3 is 1.37 bits per heavy atom. The first-order chi connectivity index (χ1) is 36.0. The minimum absolute atomic E-state index is 0.650. The van der Waals surface area contributed by atoms with Gasteiger partial charge in [0.05, 0.1) is 28.7 Å². The molecular weight excluding hydrogens is 885 g/mol. The summed E-state index contributed by atoms with van der Waals surface area (Å²) in [4.78, 5) is 14.1. The Morgan fingerprint density at radius 1 is 0.315 bits per heavy atom. The van der Waals surface area contributed by atoms with E-state index < -0.39 is 0 Å². The van der Waals surface area contributed by atoms with Gasteiger partial charge in [0.15, 0.2) is 0 Å². The van der Waals surface area contributed by atoms with Crippen molar-refractivity contribution >= 4 is 0 Å². The fourth-order valence-corrected chi connectivity index (χ4v) is 9.87. The Hall–Kier alpha value is -9.30. The molecule has 0 unspecified atom stereocenters. The average Bonchev–Trinajstić information content (AvgIpc) is 3.47. The first-order valence-electron chi connectivity index (χ1n) is 25.0. The molecule has 0 atom stereocenters. The molecule has 0 N–H and O–H groups in total. The minimum atomic E-state index is 0.650. The van der Waals surface area contributed by atoms with E-state index in [1.54, 1.807) is 0 Å². The summed E-state index contributed by atoms with van der Waals surface area (Å²) in [5.74, 6) is 0. The number of benzene rings is 8. The molecule has 0 amide bonds. The lowest BCUT2D eigenvalue weighted by atomic mass is 9.86. The second kappa shape index (κ2) is 21.4. The molecule has 0 saturated heterocycles. The third-order valence-electron chi connectivity index (χ3n) is 13.9. The maximum Gasteiger partial charge on any atom is 0.0991 e. The van der Waals surface area contributed by atoms with Crippen molar-refractivity contribution in [2.75, 3.05) is 0 Å². The normalized spacial score (nSPS) is 11.0. The van der Waals surface area contributed by atoms with E-state index in [1.165, 1.54) is 50.1 Å². The van der Waals surface area contributed by atoms with Gasteiger partial charge in [0.1, 0.15) is 0 Å². The number of rotatable bonds is 14. The highest BCUT2D eigenvalue weighted by atomic mass is 14.7. The van der Waals surface area contributed by atoms with E-state index in [9.17, 15) is 5.26 Å². The molecule has 348 valence electrons. The molecule has 0 radical (unpaired) electrons. The van der Waals surface area contributed by atoms with Crippen molar-refractivity contribution < 1.29 is 0 Å². The lowest BCUT2D eigenvalue weighted by molar-refractivity contribution is 0.931. The van der Waals surface area contributed by atoms with Gasteiger partial charge in [0.25, 0.3) is 0 Å². The molecule has 73 heavy (non-hydrogen) atoms. The van der Waals surface area contributed by atoms with Gasteiger partial charge < -0.3 is 0 Å². The van der Waals surface area contributed by atoms with Gasteiger partial charge in [-0.15, -0.1) is 0 Å². The highest BCUT2D eigenvalue weighted by Crippen LogP contribution is 2.42. The number of aromatic nitrogens is 3. The van der Waals surface area contributed by atoms with Crippen LogP contribution in [-0.2, 0) is 25.7 Å². The molecule has 0 saturated carbocycles. The molecule has 0 spiro atoms. The van der Waals surface area contributed by atoms with Gasteiger partial charge in [0.2, 0.25) is 0 Å². The molecule has 8 aromatic carbocycles. The molecule has 3 heterocycles. The number of pyridine rings is 3. The molecular formula is C69H52N4. The van der Waals surface area contributed by atoms with Crippen LogP contribution in [0.3, 0.4) is 0 Å². The van der Waals surface area contributed by atoms with Crippen LogP contribution in [0, 0.1) is 18.3 Å². The Balaban J connectivity index is 0.977. The predicted molar refractivity (Wildman–Crippen MR) is 300 cm³/mol. The number of aryl methyl sites for hydroxylation is 5. The van der Waals surface area contributed by atoms with Gasteiger partial charge in [-0.2, -0.15) is 5.26 Å². The van der Waals surface area contributed by atoms with Crippen LogP contribution in [0.4, 0.5) is 0 Å². The largest absolute Gasteiger partial charge is 0.256 e. The fourth-order valence-electron chi connectivity index (χ4n) is 9.87. The van der Waals surface area contributed by atoms with Crippen molar-refractivity contribution in [3.05, 3.63) is 282 Å². The smallest absolute Gasteiger partial charge is 0.0991 e. The molecule has 0 aliphatic rings. The summed E-state index contributed by atoms with van der Waals surface area (Å²) < 4.78 is 0. The molecule has 0 aliphatic heterocycles. The van der Waals surface area contributed by atoms with Crippen LogP contribution in [0.1, 0.15) is 33.4 Å². The molecule has 11 aromatic rings. The van der Waals surface area contributed by atoms with Gasteiger partial charge in [-0.05, 0) is 165 Å². The number of nitriles is 1. The monoisotopic (exact) mass is 936 g/mol. The van der Waals surface area contributed by atoms with Gasteiger partial charge in [0, 0.05) is 35.3 Å². The van der Waals surface area contributed by atoms with Crippen LogP contribution in [0.5, 0.6) is 0 Å². The number of hydrogen-bond acceptors (Lipinski definition) is 4. The van der Waals surface area contributed by atoms with Crippen molar-refractivity contribution in [1.29, 1.82) is 5.26 Å². The van der Waals surface area contributed by atoms with Crippen LogP contribution in [0.2, 0.25) is 0 Å². The van der Waals surface area contributed by atoms with Crippen molar-refractivity contribution in [3.8, 4) is 95.5 Å². The van der Waals surface area contributed by atoms with Crippen LogP contribution >= 0.6 is 0 Å². The fraction of sp³-hybridized carbons (Fsp3) is 0.0725. The summed E-state index contributed by atoms with van der Waals surface area (Å²) in [6.07, 6.45) is 9.35. The summed E-state index contributed by atoms with van der Waals surface area (Å²) in [5, 5.41) is 9.45. The predicted octanol–water partition coefficient (Wildman–Crippen LogP) is 17.0. The van der Waals surface area contributed by atoms with Gasteiger partial charge in [-0.1, -0.05) is 182 Å². The summed E-state index contributed by atoms with van der Waals surface area (Å²) >= 11 is 0. The zero-order valence-electron chi connectivity index (χ0n) is 40.8. The summed E-state index contributed by atoms with van der Waals surface area (Å²) in [7, 11) is 0. The quantitative estimate of drug-likeness (QED) is 0.109. The maximum absolute atomic E-state index is 9.45. The van der Waals surface area contributed by atoms with Crippen LogP contribution in [-0.4, -0.2) is 15.0 Å². The second-order valence-corrected chi connectivity index (χ2v) is 18.7. The van der Waals surface area contributed by atoms with Crippen molar-refractivity contribution in [3.63, 3.8) is 0 Å². The molecule has 4 heteroatoms. The van der Waals surface area contributed by atoms with Gasteiger partial charge in [-0.3, -0.25) is 15.0 Å². The van der Waals surface area contributed by atoms with Crippen molar-refractivity contribution in [2.45, 2.75) is 32.6 Å². The molecule has 4 nitrogen and oxygen atoms in total. The third-order valence-corrected chi connectivity index (χ3v) is 13.9. The van der Waals surface area contributed by atoms with E-state index in [4.69, 9.17) is 4.98 Å². The SMILES string of the molecule is Cc1cnc(-c2ccc(-c3ccccc3-c3cc(CCc4ccc(-c5ccccn5)cc4)cc(CCc4ccc(-c5ccccn5)cc4)c3)c(-c3ccc(-c4ccc(C#N)cc4)cc3)c2)cc1-c1ccccc1. The number of nitrogens with zero attached hydrogens (tertiary/aromatic N) is 4. The summed E-state index contributed by atoms with van der Waals surface area (Å²) in [5.41, 5.74) is 24.7. The van der Waals surface area contributed by atoms with Crippen LogP contribution in [0.25, 0.3) is 89.4 Å². The Kier molecular flexibility index (Phi) is 13.5. The zero-order valence-corrected chi connectivity index (χ0v) is 40.8. The van der Waals surface area contributed by atoms with E-state index in [0.717, 1.165) is 92.8 Å². The standard InChI is InChI=1S/C69H52N4/c1-48-47-73-69(45-65(48)56-11-3-2-4-12-56)60-37-38-64(66(44-60)57-35-33-55(34-36-57)54-27-25-51(46-70)26-28-54)63-14-6-5-13-62(63)61-42-52(19-17-49-21-29-58(30-22-49)67-15-7-9-39-71-67)41-53(43-61)20-18-50-23-31-59(32-24-50)68-16-8-10-40-72-68/h2-16,21-45,47H,17-20H2,1H3. The minimum Gasteiger partial charge on any atom is -0.256 e.